The highest BCUT2D eigenvalue weighted by atomic mass is 19.5. The van der Waals surface area contributed by atoms with E-state index in [0.29, 0.717) is 102 Å². The third-order valence-electron chi connectivity index (χ3n) is 11.6. The van der Waals surface area contributed by atoms with Crippen molar-refractivity contribution in [3.8, 4) is 45.3 Å². The Labute approximate surface area is 521 Å². The van der Waals surface area contributed by atoms with E-state index in [1.54, 1.807) is 0 Å². The molecule has 12 nitrogen and oxygen atoms in total. The molecule has 0 amide bonds. The van der Waals surface area contributed by atoms with Crippen LogP contribution < -0.4 is 37.2 Å². The van der Waals surface area contributed by atoms with Crippen LogP contribution >= 0.6 is 0 Å². The summed E-state index contributed by atoms with van der Waals surface area (Å²) in [6.45, 7) is 9.08. The second-order valence-corrected chi connectivity index (χ2v) is 18.9. The summed E-state index contributed by atoms with van der Waals surface area (Å²) in [5.74, 6) is 2.73. The number of pyridine rings is 4. The largest absolute Gasteiger partial charge is 0.673 e. The Kier molecular flexibility index (Phi) is 34.1. The molecule has 0 N–H and O–H groups in total. The SMILES string of the molecule is F[B-](F)(F)F.F[B-](F)(F)F.F[B-](F)(F)F.F[B-](F)(F)F.c1ccc(C[n+]2ccc(-c3cc[n+](CC[n+]4ccc(-c5cc[n+](Cc6ccccc6)cc5)cc4)cc3)cc2)cc1.c1ccc2c(c1)OCCOCCOCCOc1ccccc1OCCOCCOCCO2. The van der Waals surface area contributed by atoms with Gasteiger partial charge in [0.25, 0.3) is 0 Å². The van der Waals surface area contributed by atoms with Gasteiger partial charge in [-0.3, -0.25) is 0 Å². The lowest BCUT2D eigenvalue weighted by molar-refractivity contribution is -0.778. The Morgan fingerprint density at radius 2 is 0.424 bits per heavy atom. The van der Waals surface area contributed by atoms with Crippen LogP contribution in [0.1, 0.15) is 11.1 Å². The van der Waals surface area contributed by atoms with E-state index in [2.05, 4.69) is 177 Å². The lowest BCUT2D eigenvalue weighted by Gasteiger charge is -2.14. The number of aryl methyl sites for hydroxylation is 2. The van der Waals surface area contributed by atoms with Gasteiger partial charge in [-0.05, 0) is 46.5 Å². The standard InChI is InChI=1S/C36H34N4.C24H32O8.4BF4/c1-3-7-31(8-4-1)29-39-23-15-35(16-24-39)33-11-19-37(20-12-33)27-28-38-21-13-34(14-22-38)36-17-25-40(26-18-36)30-32-9-5-2-6-10-32;1-2-6-22-21(5-1)29-17-13-25-9-10-27-15-19-31-23-7-3-4-8-24(23)32-20-16-28-12-11-26-14-18-30-22;4*2-1(3,4)5/h1-26H,27-30H2;1-8H,9-20H2;;;;/q+4;;4*-1. The molecule has 8 aromatic rings. The Hall–Kier alpha value is -8.34. The molecule has 0 spiro atoms. The molecule has 0 radical (unpaired) electrons. The monoisotopic (exact) mass is 1320 g/mol. The van der Waals surface area contributed by atoms with Crippen LogP contribution in [0.15, 0.2) is 207 Å². The summed E-state index contributed by atoms with van der Waals surface area (Å²) >= 11 is 0. The number of ether oxygens (including phenoxy) is 8. The topological polar surface area (TPSA) is 89.4 Å². The van der Waals surface area contributed by atoms with Gasteiger partial charge in [0, 0.05) is 59.7 Å². The molecule has 498 valence electrons. The molecule has 0 fully saturated rings. The van der Waals surface area contributed by atoms with Crippen LogP contribution in [-0.2, 0) is 45.1 Å². The van der Waals surface area contributed by atoms with Crippen molar-refractivity contribution in [3.63, 3.8) is 0 Å². The molecule has 4 aromatic carbocycles. The van der Waals surface area contributed by atoms with E-state index in [1.807, 2.05) is 48.5 Å². The second-order valence-electron chi connectivity index (χ2n) is 18.9. The molecule has 1 aliphatic rings. The average molecular weight is 1320 g/mol. The maximum absolute atomic E-state index is 9.75. The third kappa shape index (κ3) is 39.0. The molecule has 0 saturated carbocycles. The average Bonchev–Trinajstić information content (AvgIpc) is 1.28. The van der Waals surface area contributed by atoms with E-state index in [1.165, 1.54) is 33.4 Å². The van der Waals surface area contributed by atoms with Crippen LogP contribution in [0.25, 0.3) is 22.3 Å². The summed E-state index contributed by atoms with van der Waals surface area (Å²) in [5.41, 5.74) is 7.53. The summed E-state index contributed by atoms with van der Waals surface area (Å²) in [5, 5.41) is 0. The fourth-order valence-electron chi connectivity index (χ4n) is 7.79. The van der Waals surface area contributed by atoms with Gasteiger partial charge in [0.2, 0.25) is 13.1 Å². The molecule has 32 heteroatoms. The lowest BCUT2D eigenvalue weighted by atomic mass is 10.1. The van der Waals surface area contributed by atoms with Crippen molar-refractivity contribution in [3.05, 3.63) is 218 Å². The highest BCUT2D eigenvalue weighted by Crippen LogP contribution is 2.28. The van der Waals surface area contributed by atoms with E-state index in [9.17, 15) is 69.1 Å². The van der Waals surface area contributed by atoms with Crippen molar-refractivity contribution in [1.82, 2.24) is 0 Å². The van der Waals surface area contributed by atoms with Crippen molar-refractivity contribution in [2.45, 2.75) is 26.2 Å². The molecule has 0 aliphatic carbocycles. The van der Waals surface area contributed by atoms with E-state index in [-0.39, 0.29) is 0 Å². The van der Waals surface area contributed by atoms with E-state index in [4.69, 9.17) is 37.9 Å². The van der Waals surface area contributed by atoms with Crippen LogP contribution in [0.5, 0.6) is 23.0 Å². The highest BCUT2D eigenvalue weighted by molar-refractivity contribution is 6.51. The zero-order valence-corrected chi connectivity index (χ0v) is 49.4. The number of hydrogen-bond acceptors (Lipinski definition) is 8. The molecular weight excluding hydrogens is 1250 g/mol. The first-order valence-corrected chi connectivity index (χ1v) is 28.3. The minimum atomic E-state index is -6.00. The number of para-hydroxylation sites is 4. The molecule has 0 unspecified atom stereocenters. The van der Waals surface area contributed by atoms with Gasteiger partial charge < -0.3 is 107 Å². The molecule has 0 saturated heterocycles. The van der Waals surface area contributed by atoms with Crippen molar-refractivity contribution in [1.29, 1.82) is 0 Å². The van der Waals surface area contributed by atoms with E-state index < -0.39 is 29.0 Å². The van der Waals surface area contributed by atoms with Crippen molar-refractivity contribution >= 4 is 29.0 Å². The molecule has 4 aromatic heterocycles. The minimum absolute atomic E-state index is 0.425. The number of halogens is 16. The second kappa shape index (κ2) is 41.2. The minimum Gasteiger partial charge on any atom is -0.487 e. The molecule has 1 aliphatic heterocycles. The van der Waals surface area contributed by atoms with Gasteiger partial charge in [0.05, 0.1) is 52.9 Å². The van der Waals surface area contributed by atoms with Crippen LogP contribution in [0, 0.1) is 0 Å². The number of hydrogen-bond donors (Lipinski definition) is 0. The zero-order chi connectivity index (χ0) is 67.1. The number of nitrogens with zero attached hydrogens (tertiary/aromatic N) is 4. The number of rotatable bonds is 9. The van der Waals surface area contributed by atoms with Gasteiger partial charge in [0.15, 0.2) is 85.7 Å². The van der Waals surface area contributed by atoms with Gasteiger partial charge in [-0.25, -0.2) is 9.13 Å². The summed E-state index contributed by atoms with van der Waals surface area (Å²) in [6, 6.07) is 53.8. The third-order valence-corrected chi connectivity index (χ3v) is 11.6. The molecule has 0 atom stereocenters. The predicted molar refractivity (Wildman–Crippen MR) is 315 cm³/mol. The van der Waals surface area contributed by atoms with Gasteiger partial charge >= 0.3 is 29.0 Å². The first kappa shape index (κ1) is 76.1. The Morgan fingerprint density at radius 3 is 0.641 bits per heavy atom. The Morgan fingerprint density at radius 1 is 0.239 bits per heavy atom. The molecule has 0 bridgehead atoms. The van der Waals surface area contributed by atoms with Crippen LogP contribution in [0.3, 0.4) is 0 Å². The smallest absolute Gasteiger partial charge is 0.487 e. The predicted octanol–water partition coefficient (Wildman–Crippen LogP) is 13.1. The van der Waals surface area contributed by atoms with Gasteiger partial charge in [0.1, 0.15) is 26.4 Å². The Balaban J connectivity index is 0.000000307. The molecule has 92 heavy (non-hydrogen) atoms. The molecule has 9 rings (SSSR count). The summed E-state index contributed by atoms with van der Waals surface area (Å²) < 4.78 is 210. The number of fused-ring (bicyclic) bond motifs is 2. The van der Waals surface area contributed by atoms with Crippen molar-refractivity contribution in [2.24, 2.45) is 0 Å². The summed E-state index contributed by atoms with van der Waals surface area (Å²) in [7, 11) is -24.0. The molecular formula is C60H66B4F16N4O8. The summed E-state index contributed by atoms with van der Waals surface area (Å²) in [6.07, 6.45) is 17.3. The quantitative estimate of drug-likeness (QED) is 0.0802. The van der Waals surface area contributed by atoms with Gasteiger partial charge in [-0.15, -0.1) is 0 Å². The highest BCUT2D eigenvalue weighted by Gasteiger charge is 2.22. The Bertz CT molecular complexity index is 2900. The fourth-order valence-corrected chi connectivity index (χ4v) is 7.79. The lowest BCUT2D eigenvalue weighted by Crippen LogP contribution is -2.43. The van der Waals surface area contributed by atoms with Crippen molar-refractivity contribution in [2.75, 3.05) is 79.3 Å². The van der Waals surface area contributed by atoms with Crippen molar-refractivity contribution < 1.29 is 125 Å². The number of benzene rings is 4. The first-order chi connectivity index (χ1) is 43.7. The first-order valence-electron chi connectivity index (χ1n) is 28.3. The van der Waals surface area contributed by atoms with E-state index in [0.717, 1.165) is 26.2 Å². The maximum Gasteiger partial charge on any atom is 0.673 e. The fraction of sp³-hybridized carbons (Fsp3) is 0.267. The zero-order valence-electron chi connectivity index (χ0n) is 49.4. The van der Waals surface area contributed by atoms with Crippen LogP contribution in [0.2, 0.25) is 0 Å². The summed E-state index contributed by atoms with van der Waals surface area (Å²) in [4.78, 5) is 0. The van der Waals surface area contributed by atoms with Gasteiger partial charge in [-0.1, -0.05) is 84.9 Å². The molecule has 5 heterocycles. The number of aromatic nitrogens is 4. The van der Waals surface area contributed by atoms with Crippen LogP contribution in [0.4, 0.5) is 69.1 Å². The van der Waals surface area contributed by atoms with Gasteiger partial charge in [-0.2, -0.15) is 9.13 Å². The maximum atomic E-state index is 9.75. The normalized spacial score (nSPS) is 13.7. The van der Waals surface area contributed by atoms with E-state index >= 15 is 0 Å². The van der Waals surface area contributed by atoms with Crippen LogP contribution in [-0.4, -0.2) is 108 Å².